The number of thiophene rings is 1. The number of hydrogen-bond acceptors (Lipinski definition) is 3. The molecule has 0 saturated carbocycles. The average molecular weight is 706 g/mol. The van der Waals surface area contributed by atoms with E-state index in [-0.39, 0.29) is 0 Å². The first-order chi connectivity index (χ1) is 26.6. The van der Waals surface area contributed by atoms with Crippen LogP contribution in [0, 0.1) is 13.8 Å². The summed E-state index contributed by atoms with van der Waals surface area (Å²) in [6, 6.07) is 55.6. The second-order valence-electron chi connectivity index (χ2n) is 14.7. The standard InChI is InChI=1S/C50H31N3S/c1-28-10-3-4-13-36(28)37-23-22-32-26-41-38-14-5-7-16-42(38)53(43(41)27-40(32)29(37)2)50-51-47(49-48(52-50)39-15-6-8-17-44(39)54-49)35-24-33-20-18-30-11-9-12-31-19-21-34(25-35)46(33)45(30)31/h3-27H,1-2H3. The maximum Gasteiger partial charge on any atom is 0.235 e. The van der Waals surface area contributed by atoms with Gasteiger partial charge in [-0.25, -0.2) is 9.97 Å². The van der Waals surface area contributed by atoms with Crippen molar-refractivity contribution in [2.45, 2.75) is 13.8 Å². The van der Waals surface area contributed by atoms with Crippen molar-refractivity contribution in [1.29, 1.82) is 0 Å². The Morgan fingerprint density at radius 2 is 1.17 bits per heavy atom. The van der Waals surface area contributed by atoms with E-state index in [2.05, 4.69) is 170 Å². The molecule has 0 unspecified atom stereocenters. The smallest absolute Gasteiger partial charge is 0.235 e. The van der Waals surface area contributed by atoms with E-state index < -0.39 is 0 Å². The van der Waals surface area contributed by atoms with Crippen molar-refractivity contribution in [1.82, 2.24) is 14.5 Å². The minimum atomic E-state index is 0.685. The van der Waals surface area contributed by atoms with E-state index in [1.807, 2.05) is 0 Å². The quantitative estimate of drug-likeness (QED) is 0.171. The van der Waals surface area contributed by atoms with Crippen LogP contribution in [0.1, 0.15) is 11.1 Å². The van der Waals surface area contributed by atoms with Gasteiger partial charge in [0.25, 0.3) is 0 Å². The highest BCUT2D eigenvalue weighted by Crippen LogP contribution is 2.44. The Bertz CT molecular complexity index is 3470. The van der Waals surface area contributed by atoms with Crippen molar-refractivity contribution >= 4 is 96.5 Å². The number of rotatable bonds is 3. The van der Waals surface area contributed by atoms with Crippen LogP contribution in [0.15, 0.2) is 152 Å². The number of para-hydroxylation sites is 1. The molecule has 0 saturated heterocycles. The van der Waals surface area contributed by atoms with Crippen molar-refractivity contribution in [3.63, 3.8) is 0 Å². The summed E-state index contributed by atoms with van der Waals surface area (Å²) in [5.41, 5.74) is 10.3. The van der Waals surface area contributed by atoms with Crippen LogP contribution >= 0.6 is 11.3 Å². The minimum Gasteiger partial charge on any atom is -0.278 e. The zero-order valence-electron chi connectivity index (χ0n) is 29.7. The molecule has 3 nitrogen and oxygen atoms in total. The minimum absolute atomic E-state index is 0.685. The van der Waals surface area contributed by atoms with Crippen LogP contribution in [0.25, 0.3) is 114 Å². The first kappa shape index (κ1) is 29.9. The molecular formula is C50H31N3S. The molecule has 4 heteroatoms. The van der Waals surface area contributed by atoms with Crippen molar-refractivity contribution in [3.8, 4) is 28.3 Å². The van der Waals surface area contributed by atoms with Gasteiger partial charge in [0.05, 0.1) is 26.9 Å². The molecule has 12 aromatic rings. The number of fused-ring (bicyclic) bond motifs is 7. The first-order valence-corrected chi connectivity index (χ1v) is 19.3. The van der Waals surface area contributed by atoms with Crippen LogP contribution in [-0.4, -0.2) is 14.5 Å². The van der Waals surface area contributed by atoms with E-state index in [9.17, 15) is 0 Å². The van der Waals surface area contributed by atoms with Gasteiger partial charge in [-0.3, -0.25) is 4.57 Å². The summed E-state index contributed by atoms with van der Waals surface area (Å²) >= 11 is 1.78. The highest BCUT2D eigenvalue weighted by Gasteiger charge is 2.22. The molecule has 3 heterocycles. The number of nitrogens with zero attached hydrogens (tertiary/aromatic N) is 3. The summed E-state index contributed by atoms with van der Waals surface area (Å²) in [4.78, 5) is 11.1. The normalized spacial score (nSPS) is 12.3. The molecule has 3 aromatic heterocycles. The van der Waals surface area contributed by atoms with Crippen molar-refractivity contribution in [2.24, 2.45) is 0 Å². The Balaban J connectivity index is 1.18. The van der Waals surface area contributed by atoms with Gasteiger partial charge in [0.1, 0.15) is 0 Å². The van der Waals surface area contributed by atoms with Crippen molar-refractivity contribution in [3.05, 3.63) is 163 Å². The molecule has 9 aromatic carbocycles. The number of hydrogen-bond donors (Lipinski definition) is 0. The van der Waals surface area contributed by atoms with Crippen molar-refractivity contribution < 1.29 is 0 Å². The van der Waals surface area contributed by atoms with Crippen LogP contribution in [0.5, 0.6) is 0 Å². The Labute approximate surface area is 314 Å². The van der Waals surface area contributed by atoms with E-state index in [0.717, 1.165) is 37.9 Å². The van der Waals surface area contributed by atoms with Crippen LogP contribution in [0.2, 0.25) is 0 Å². The fraction of sp³-hybridized carbons (Fsp3) is 0.0400. The second kappa shape index (κ2) is 11.0. The summed E-state index contributed by atoms with van der Waals surface area (Å²) in [6.07, 6.45) is 0. The molecule has 0 bridgehead atoms. The third-order valence-electron chi connectivity index (χ3n) is 11.7. The number of aryl methyl sites for hydroxylation is 2. The van der Waals surface area contributed by atoms with Gasteiger partial charge in [-0.1, -0.05) is 115 Å². The highest BCUT2D eigenvalue weighted by molar-refractivity contribution is 7.26. The van der Waals surface area contributed by atoms with Gasteiger partial charge < -0.3 is 0 Å². The Kier molecular flexibility index (Phi) is 6.07. The van der Waals surface area contributed by atoms with Gasteiger partial charge in [-0.15, -0.1) is 11.3 Å². The molecule has 0 fully saturated rings. The van der Waals surface area contributed by atoms with Gasteiger partial charge in [0.15, 0.2) is 0 Å². The van der Waals surface area contributed by atoms with Crippen LogP contribution < -0.4 is 0 Å². The third-order valence-corrected chi connectivity index (χ3v) is 12.8. The summed E-state index contributed by atoms with van der Waals surface area (Å²) in [6.45, 7) is 4.45. The first-order valence-electron chi connectivity index (χ1n) is 18.5. The molecular weight excluding hydrogens is 675 g/mol. The van der Waals surface area contributed by atoms with Crippen LogP contribution in [0.4, 0.5) is 0 Å². The fourth-order valence-electron chi connectivity index (χ4n) is 9.09. The molecule has 0 radical (unpaired) electrons. The largest absolute Gasteiger partial charge is 0.278 e. The van der Waals surface area contributed by atoms with Crippen molar-refractivity contribution in [2.75, 3.05) is 0 Å². The van der Waals surface area contributed by atoms with Gasteiger partial charge >= 0.3 is 0 Å². The lowest BCUT2D eigenvalue weighted by molar-refractivity contribution is 1.02. The second-order valence-corrected chi connectivity index (χ2v) is 15.7. The number of aromatic nitrogens is 3. The average Bonchev–Trinajstić information content (AvgIpc) is 3.75. The lowest BCUT2D eigenvalue weighted by atomic mass is 9.92. The summed E-state index contributed by atoms with van der Waals surface area (Å²) < 4.78 is 4.62. The predicted molar refractivity (Wildman–Crippen MR) is 231 cm³/mol. The number of benzene rings is 9. The van der Waals surface area contributed by atoms with Gasteiger partial charge in [0.2, 0.25) is 5.95 Å². The van der Waals surface area contributed by atoms with E-state index in [1.165, 1.54) is 80.8 Å². The molecule has 0 atom stereocenters. The summed E-state index contributed by atoms with van der Waals surface area (Å²) in [7, 11) is 0. The van der Waals surface area contributed by atoms with E-state index in [1.54, 1.807) is 11.3 Å². The maximum absolute atomic E-state index is 5.59. The fourth-order valence-corrected chi connectivity index (χ4v) is 10.2. The molecule has 0 N–H and O–H groups in total. The lowest BCUT2D eigenvalue weighted by Crippen LogP contribution is -2.03. The monoisotopic (exact) mass is 705 g/mol. The van der Waals surface area contributed by atoms with Gasteiger partial charge in [-0.2, -0.15) is 0 Å². The Hall–Kier alpha value is -6.62. The molecule has 0 amide bonds. The summed E-state index contributed by atoms with van der Waals surface area (Å²) in [5, 5.41) is 13.7. The topological polar surface area (TPSA) is 30.7 Å². The van der Waals surface area contributed by atoms with Gasteiger partial charge in [-0.05, 0) is 116 Å². The Morgan fingerprint density at radius 1 is 0.481 bits per heavy atom. The SMILES string of the molecule is Cc1ccccc1-c1ccc2cc3c4ccccc4n(-c4nc(-c5cc6ccc7cccc8ccc(c5)c6c78)c5sc6ccccc6c5n4)c3cc2c1C. The maximum atomic E-state index is 5.59. The molecule has 0 aliphatic carbocycles. The molecule has 0 aliphatic heterocycles. The van der Waals surface area contributed by atoms with Crippen LogP contribution in [-0.2, 0) is 0 Å². The third kappa shape index (κ3) is 4.11. The Morgan fingerprint density at radius 3 is 1.98 bits per heavy atom. The lowest BCUT2D eigenvalue weighted by Gasteiger charge is -2.14. The molecule has 0 spiro atoms. The van der Waals surface area contributed by atoms with E-state index in [4.69, 9.17) is 9.97 Å². The summed E-state index contributed by atoms with van der Waals surface area (Å²) in [5.74, 6) is 0.685. The molecule has 0 aliphatic rings. The highest BCUT2D eigenvalue weighted by atomic mass is 32.1. The molecule has 12 rings (SSSR count). The van der Waals surface area contributed by atoms with E-state index >= 15 is 0 Å². The van der Waals surface area contributed by atoms with E-state index in [0.29, 0.717) is 5.95 Å². The zero-order valence-corrected chi connectivity index (χ0v) is 30.5. The van der Waals surface area contributed by atoms with Crippen LogP contribution in [0.3, 0.4) is 0 Å². The molecule has 54 heavy (non-hydrogen) atoms. The predicted octanol–water partition coefficient (Wildman–Crippen LogP) is 13.9. The zero-order chi connectivity index (χ0) is 35.7. The van der Waals surface area contributed by atoms with Gasteiger partial charge in [0, 0.05) is 26.4 Å². The molecule has 252 valence electrons.